The summed E-state index contributed by atoms with van der Waals surface area (Å²) in [6.45, 7) is 5.05. The molecule has 0 radical (unpaired) electrons. The molecule has 0 aliphatic rings. The van der Waals surface area contributed by atoms with Gasteiger partial charge in [0.1, 0.15) is 6.54 Å². The fourth-order valence-electron chi connectivity index (χ4n) is 2.84. The molecule has 3 aromatic rings. The number of rotatable bonds is 4. The van der Waals surface area contributed by atoms with Crippen molar-refractivity contribution in [3.8, 4) is 0 Å². The van der Waals surface area contributed by atoms with E-state index in [1.807, 2.05) is 72.0 Å². The van der Waals surface area contributed by atoms with Gasteiger partial charge < -0.3 is 9.47 Å². The number of aromatic nitrogens is 1. The summed E-state index contributed by atoms with van der Waals surface area (Å²) in [5.74, 6) is 0.0959. The van der Waals surface area contributed by atoms with Crippen LogP contribution in [0.2, 0.25) is 0 Å². The first-order valence-corrected chi connectivity index (χ1v) is 8.49. The molecule has 23 heavy (non-hydrogen) atoms. The van der Waals surface area contributed by atoms with Crippen LogP contribution in [0.3, 0.4) is 0 Å². The average Bonchev–Trinajstić information content (AvgIpc) is 2.90. The highest BCUT2D eigenvalue weighted by atomic mass is 79.9. The first-order valence-electron chi connectivity index (χ1n) is 7.70. The third-order valence-electron chi connectivity index (χ3n) is 3.97. The van der Waals surface area contributed by atoms with Gasteiger partial charge in [-0.3, -0.25) is 4.79 Å². The normalized spacial score (nSPS) is 10.9. The first kappa shape index (κ1) is 15.8. The topological polar surface area (TPSA) is 25.2 Å². The van der Waals surface area contributed by atoms with Crippen molar-refractivity contribution in [3.63, 3.8) is 0 Å². The minimum Gasteiger partial charge on any atom is -0.338 e. The maximum absolute atomic E-state index is 12.8. The smallest absolute Gasteiger partial charge is 0.246 e. The van der Waals surface area contributed by atoms with Gasteiger partial charge >= 0.3 is 0 Å². The Hall–Kier alpha value is -2.07. The van der Waals surface area contributed by atoms with Crippen molar-refractivity contribution in [2.75, 3.05) is 11.4 Å². The Labute approximate surface area is 144 Å². The second-order valence-corrected chi connectivity index (χ2v) is 6.54. The molecule has 0 aliphatic carbocycles. The molecule has 0 bridgehead atoms. The number of carbonyl (C=O) groups excluding carboxylic acids is 1. The van der Waals surface area contributed by atoms with E-state index in [1.54, 1.807) is 0 Å². The Kier molecular flexibility index (Phi) is 4.53. The molecule has 0 aliphatic heterocycles. The van der Waals surface area contributed by atoms with Crippen LogP contribution in [-0.2, 0) is 11.3 Å². The molecule has 2 aromatic carbocycles. The number of amides is 1. The highest BCUT2D eigenvalue weighted by Gasteiger charge is 2.15. The zero-order valence-electron chi connectivity index (χ0n) is 13.3. The van der Waals surface area contributed by atoms with E-state index in [1.165, 1.54) is 0 Å². The number of halogens is 1. The average molecular weight is 371 g/mol. The Balaban J connectivity index is 1.87. The van der Waals surface area contributed by atoms with Gasteiger partial charge in [0.05, 0.1) is 0 Å². The highest BCUT2D eigenvalue weighted by Crippen LogP contribution is 2.22. The molecule has 0 saturated heterocycles. The standard InChI is InChI=1S/C19H19BrN2O/c1-3-22(17-6-4-5-14(2)11-17)19(23)13-21-10-9-15-12-16(20)7-8-18(15)21/h4-12H,3,13H2,1-2H3. The van der Waals surface area contributed by atoms with Gasteiger partial charge in [0.25, 0.3) is 0 Å². The SMILES string of the molecule is CCN(C(=O)Cn1ccc2cc(Br)ccc21)c1cccc(C)c1. The van der Waals surface area contributed by atoms with Crippen LogP contribution in [0, 0.1) is 6.92 Å². The van der Waals surface area contributed by atoms with Gasteiger partial charge in [-0.15, -0.1) is 0 Å². The Morgan fingerprint density at radius 2 is 2.00 bits per heavy atom. The van der Waals surface area contributed by atoms with Crippen molar-refractivity contribution in [1.29, 1.82) is 0 Å². The number of hydrogen-bond donors (Lipinski definition) is 0. The molecule has 0 spiro atoms. The maximum atomic E-state index is 12.8. The molecule has 0 atom stereocenters. The number of anilines is 1. The summed E-state index contributed by atoms with van der Waals surface area (Å²) >= 11 is 3.48. The summed E-state index contributed by atoms with van der Waals surface area (Å²) in [5.41, 5.74) is 3.18. The number of benzene rings is 2. The second-order valence-electron chi connectivity index (χ2n) is 5.62. The molecule has 0 N–H and O–H groups in total. The molecule has 3 rings (SSSR count). The molecular formula is C19H19BrN2O. The van der Waals surface area contributed by atoms with Gasteiger partial charge in [-0.1, -0.05) is 28.1 Å². The van der Waals surface area contributed by atoms with E-state index in [9.17, 15) is 4.79 Å². The minimum atomic E-state index is 0.0959. The van der Waals surface area contributed by atoms with Gasteiger partial charge in [0.15, 0.2) is 0 Å². The fourth-order valence-corrected chi connectivity index (χ4v) is 3.22. The van der Waals surface area contributed by atoms with E-state index >= 15 is 0 Å². The van der Waals surface area contributed by atoms with E-state index in [2.05, 4.69) is 22.0 Å². The monoisotopic (exact) mass is 370 g/mol. The van der Waals surface area contributed by atoms with Gasteiger partial charge in [-0.25, -0.2) is 0 Å². The molecule has 1 amide bonds. The predicted molar refractivity (Wildman–Crippen MR) is 98.8 cm³/mol. The molecule has 0 unspecified atom stereocenters. The van der Waals surface area contributed by atoms with E-state index in [0.717, 1.165) is 26.6 Å². The van der Waals surface area contributed by atoms with E-state index in [4.69, 9.17) is 0 Å². The van der Waals surface area contributed by atoms with Crippen molar-refractivity contribution in [1.82, 2.24) is 4.57 Å². The van der Waals surface area contributed by atoms with Gasteiger partial charge in [0, 0.05) is 33.8 Å². The third kappa shape index (κ3) is 3.32. The summed E-state index contributed by atoms with van der Waals surface area (Å²) in [6, 6.07) is 16.2. The van der Waals surface area contributed by atoms with Crippen LogP contribution in [0.5, 0.6) is 0 Å². The minimum absolute atomic E-state index is 0.0959. The fraction of sp³-hybridized carbons (Fsp3) is 0.211. The molecule has 4 heteroatoms. The van der Waals surface area contributed by atoms with Crippen LogP contribution in [0.15, 0.2) is 59.2 Å². The molecule has 3 nitrogen and oxygen atoms in total. The van der Waals surface area contributed by atoms with Crippen molar-refractivity contribution in [2.45, 2.75) is 20.4 Å². The molecular weight excluding hydrogens is 352 g/mol. The zero-order chi connectivity index (χ0) is 16.4. The van der Waals surface area contributed by atoms with E-state index in [0.29, 0.717) is 13.1 Å². The number of nitrogens with zero attached hydrogens (tertiary/aromatic N) is 2. The number of aryl methyl sites for hydroxylation is 1. The predicted octanol–water partition coefficient (Wildman–Crippen LogP) is 4.77. The van der Waals surface area contributed by atoms with Crippen molar-refractivity contribution < 1.29 is 4.79 Å². The van der Waals surface area contributed by atoms with E-state index in [-0.39, 0.29) is 5.91 Å². The summed E-state index contributed by atoms with van der Waals surface area (Å²) in [5, 5.41) is 1.13. The number of likely N-dealkylation sites (N-methyl/N-ethyl adjacent to an activating group) is 1. The first-order chi connectivity index (χ1) is 11.1. The number of carbonyl (C=O) groups is 1. The van der Waals surface area contributed by atoms with Crippen molar-refractivity contribution >= 4 is 38.4 Å². The Bertz CT molecular complexity index is 853. The summed E-state index contributed by atoms with van der Waals surface area (Å²) in [4.78, 5) is 14.6. The molecule has 0 saturated carbocycles. The second kappa shape index (κ2) is 6.59. The molecule has 1 aromatic heterocycles. The van der Waals surface area contributed by atoms with Crippen LogP contribution < -0.4 is 4.90 Å². The van der Waals surface area contributed by atoms with Crippen LogP contribution in [0.25, 0.3) is 10.9 Å². The van der Waals surface area contributed by atoms with Gasteiger partial charge in [-0.05, 0) is 55.8 Å². The highest BCUT2D eigenvalue weighted by molar-refractivity contribution is 9.10. The Morgan fingerprint density at radius 3 is 2.74 bits per heavy atom. The maximum Gasteiger partial charge on any atom is 0.246 e. The lowest BCUT2D eigenvalue weighted by Gasteiger charge is -2.22. The molecule has 118 valence electrons. The lowest BCUT2D eigenvalue weighted by atomic mass is 10.2. The number of fused-ring (bicyclic) bond motifs is 1. The van der Waals surface area contributed by atoms with Crippen LogP contribution in [0.4, 0.5) is 5.69 Å². The van der Waals surface area contributed by atoms with Crippen molar-refractivity contribution in [2.24, 2.45) is 0 Å². The molecule has 1 heterocycles. The lowest BCUT2D eigenvalue weighted by Crippen LogP contribution is -2.33. The lowest BCUT2D eigenvalue weighted by molar-refractivity contribution is -0.119. The van der Waals surface area contributed by atoms with Gasteiger partial charge in [0.2, 0.25) is 5.91 Å². The van der Waals surface area contributed by atoms with Crippen LogP contribution >= 0.6 is 15.9 Å². The third-order valence-corrected chi connectivity index (χ3v) is 4.46. The Morgan fingerprint density at radius 1 is 1.17 bits per heavy atom. The quantitative estimate of drug-likeness (QED) is 0.649. The summed E-state index contributed by atoms with van der Waals surface area (Å²) in [6.07, 6.45) is 1.97. The molecule has 0 fully saturated rings. The number of hydrogen-bond acceptors (Lipinski definition) is 1. The van der Waals surface area contributed by atoms with Crippen LogP contribution in [0.1, 0.15) is 12.5 Å². The summed E-state index contributed by atoms with van der Waals surface area (Å²) < 4.78 is 3.05. The van der Waals surface area contributed by atoms with Crippen LogP contribution in [-0.4, -0.2) is 17.0 Å². The zero-order valence-corrected chi connectivity index (χ0v) is 14.9. The van der Waals surface area contributed by atoms with Crippen molar-refractivity contribution in [3.05, 3.63) is 64.8 Å². The largest absolute Gasteiger partial charge is 0.338 e. The summed E-state index contributed by atoms with van der Waals surface area (Å²) in [7, 11) is 0. The van der Waals surface area contributed by atoms with Gasteiger partial charge in [-0.2, -0.15) is 0 Å². The van der Waals surface area contributed by atoms with E-state index < -0.39 is 0 Å².